The Bertz CT molecular complexity index is 1730. The Hall–Kier alpha value is -3.97. The largest absolute Gasteiger partial charge is 0.497 e. The number of aromatic nitrogens is 2. The van der Waals surface area contributed by atoms with E-state index < -0.39 is 0 Å². The molecule has 35 heavy (non-hydrogen) atoms. The van der Waals surface area contributed by atoms with E-state index in [1.807, 2.05) is 42.5 Å². The number of fused-ring (bicyclic) bond motifs is 5. The van der Waals surface area contributed by atoms with E-state index in [9.17, 15) is 0 Å². The van der Waals surface area contributed by atoms with Crippen LogP contribution in [-0.2, 0) is 0 Å². The van der Waals surface area contributed by atoms with Gasteiger partial charge in [-0.1, -0.05) is 35.6 Å². The fourth-order valence-corrected chi connectivity index (χ4v) is 5.35. The zero-order valence-corrected chi connectivity index (χ0v) is 20.6. The summed E-state index contributed by atoms with van der Waals surface area (Å²) in [5.41, 5.74) is 4.46. The Balaban J connectivity index is 1.58. The third kappa shape index (κ3) is 3.78. The molecular formula is C28H24N4O2S. The predicted octanol–water partition coefficient (Wildman–Crippen LogP) is 6.78. The Morgan fingerprint density at radius 3 is 2.51 bits per heavy atom. The summed E-state index contributed by atoms with van der Waals surface area (Å²) >= 11 is 1.54. The lowest BCUT2D eigenvalue weighted by Gasteiger charge is -2.21. The highest BCUT2D eigenvalue weighted by atomic mass is 32.1. The van der Waals surface area contributed by atoms with E-state index in [4.69, 9.17) is 24.1 Å². The number of ether oxygens (including phenoxy) is 1. The van der Waals surface area contributed by atoms with Crippen LogP contribution in [0.4, 0.5) is 10.8 Å². The Morgan fingerprint density at radius 2 is 1.71 bits per heavy atom. The van der Waals surface area contributed by atoms with Crippen LogP contribution in [0, 0.1) is 0 Å². The van der Waals surface area contributed by atoms with Crippen LogP contribution < -0.4 is 15.0 Å². The topological polar surface area (TPSA) is 63.8 Å². The molecular weight excluding hydrogens is 456 g/mol. The molecule has 6 rings (SSSR count). The van der Waals surface area contributed by atoms with Crippen LogP contribution >= 0.6 is 11.3 Å². The monoisotopic (exact) mass is 480 g/mol. The number of anilines is 1. The second-order valence-electron chi connectivity index (χ2n) is 8.27. The smallest absolute Gasteiger partial charge is 0.210 e. The molecule has 2 heterocycles. The van der Waals surface area contributed by atoms with Crippen molar-refractivity contribution in [2.75, 3.05) is 25.1 Å². The van der Waals surface area contributed by atoms with Gasteiger partial charge in [-0.25, -0.2) is 15.0 Å². The molecule has 0 unspecified atom stereocenters. The SMILES string of the molecule is CCN(CC)c1ccc2nc3c4ccccc4c(=Nc4nc5ccc(OC)cc5s4)cc-3oc2c1. The third-order valence-corrected chi connectivity index (χ3v) is 7.20. The third-order valence-electron chi connectivity index (χ3n) is 6.28. The number of rotatable bonds is 5. The van der Waals surface area contributed by atoms with E-state index >= 15 is 0 Å². The summed E-state index contributed by atoms with van der Waals surface area (Å²) in [6.07, 6.45) is 0. The first-order valence-electron chi connectivity index (χ1n) is 11.7. The van der Waals surface area contributed by atoms with Crippen LogP contribution in [-0.4, -0.2) is 30.2 Å². The number of methoxy groups -OCH3 is 1. The van der Waals surface area contributed by atoms with Gasteiger partial charge in [0.2, 0.25) is 5.13 Å². The van der Waals surface area contributed by atoms with Gasteiger partial charge in [0.05, 0.1) is 22.7 Å². The van der Waals surface area contributed by atoms with Gasteiger partial charge < -0.3 is 14.1 Å². The molecule has 4 aromatic rings. The average Bonchev–Trinajstić information content (AvgIpc) is 3.30. The quantitative estimate of drug-likeness (QED) is 0.201. The maximum absolute atomic E-state index is 6.42. The molecule has 174 valence electrons. The number of hydrogen-bond acceptors (Lipinski definition) is 7. The molecule has 0 fully saturated rings. The summed E-state index contributed by atoms with van der Waals surface area (Å²) in [6, 6.07) is 22.2. The molecule has 3 aromatic carbocycles. The fourth-order valence-electron chi connectivity index (χ4n) is 4.47. The van der Waals surface area contributed by atoms with Crippen molar-refractivity contribution >= 4 is 54.2 Å². The Morgan fingerprint density at radius 1 is 0.914 bits per heavy atom. The van der Waals surface area contributed by atoms with Crippen LogP contribution in [0.15, 0.2) is 76.1 Å². The lowest BCUT2D eigenvalue weighted by atomic mass is 10.0. The summed E-state index contributed by atoms with van der Waals surface area (Å²) in [7, 11) is 1.67. The van der Waals surface area contributed by atoms with Gasteiger partial charge in [0.1, 0.15) is 17.0 Å². The molecule has 0 radical (unpaired) electrons. The minimum absolute atomic E-state index is 0.690. The van der Waals surface area contributed by atoms with E-state index in [2.05, 4.69) is 43.0 Å². The van der Waals surface area contributed by atoms with Gasteiger partial charge in [-0.15, -0.1) is 0 Å². The van der Waals surface area contributed by atoms with Crippen molar-refractivity contribution in [3.05, 3.63) is 72.1 Å². The van der Waals surface area contributed by atoms with Crippen molar-refractivity contribution < 1.29 is 9.15 Å². The first-order chi connectivity index (χ1) is 17.2. The van der Waals surface area contributed by atoms with Gasteiger partial charge in [0.15, 0.2) is 11.3 Å². The maximum atomic E-state index is 6.42. The van der Waals surface area contributed by atoms with Gasteiger partial charge in [0, 0.05) is 41.7 Å². The van der Waals surface area contributed by atoms with Gasteiger partial charge >= 0.3 is 0 Å². The zero-order chi connectivity index (χ0) is 23.9. The van der Waals surface area contributed by atoms with E-state index in [0.29, 0.717) is 10.9 Å². The molecule has 0 amide bonds. The molecule has 0 atom stereocenters. The zero-order valence-electron chi connectivity index (χ0n) is 19.8. The average molecular weight is 481 g/mol. The second-order valence-corrected chi connectivity index (χ2v) is 9.28. The second kappa shape index (κ2) is 8.67. The van der Waals surface area contributed by atoms with Crippen molar-refractivity contribution in [1.29, 1.82) is 0 Å². The van der Waals surface area contributed by atoms with Crippen LogP contribution in [0.3, 0.4) is 0 Å². The van der Waals surface area contributed by atoms with E-state index in [-0.39, 0.29) is 0 Å². The van der Waals surface area contributed by atoms with Crippen molar-refractivity contribution in [2.45, 2.75) is 13.8 Å². The number of nitrogens with zero attached hydrogens (tertiary/aromatic N) is 4. The molecule has 2 aliphatic rings. The minimum Gasteiger partial charge on any atom is -0.497 e. The molecule has 0 saturated carbocycles. The normalized spacial score (nSPS) is 12.3. The van der Waals surface area contributed by atoms with E-state index in [1.165, 1.54) is 11.3 Å². The Kier molecular flexibility index (Phi) is 5.34. The van der Waals surface area contributed by atoms with Gasteiger partial charge in [-0.3, -0.25) is 0 Å². The van der Waals surface area contributed by atoms with Crippen molar-refractivity contribution in [1.82, 2.24) is 9.97 Å². The van der Waals surface area contributed by atoms with Crippen LogP contribution in [0.2, 0.25) is 0 Å². The van der Waals surface area contributed by atoms with Crippen LogP contribution in [0.1, 0.15) is 13.8 Å². The van der Waals surface area contributed by atoms with Gasteiger partial charge in [-0.05, 0) is 44.2 Å². The van der Waals surface area contributed by atoms with E-state index in [1.54, 1.807) is 7.11 Å². The van der Waals surface area contributed by atoms with Crippen molar-refractivity contribution in [3.63, 3.8) is 0 Å². The summed E-state index contributed by atoms with van der Waals surface area (Å²) in [5, 5.41) is 3.52. The predicted molar refractivity (Wildman–Crippen MR) is 143 cm³/mol. The highest BCUT2D eigenvalue weighted by Gasteiger charge is 2.16. The number of hydrogen-bond donors (Lipinski definition) is 0. The molecule has 0 bridgehead atoms. The summed E-state index contributed by atoms with van der Waals surface area (Å²) < 4.78 is 12.8. The van der Waals surface area contributed by atoms with Gasteiger partial charge in [0.25, 0.3) is 0 Å². The first-order valence-corrected chi connectivity index (χ1v) is 12.5. The Labute approximate surface area is 206 Å². The maximum Gasteiger partial charge on any atom is 0.210 e. The first kappa shape index (κ1) is 21.6. The molecule has 6 nitrogen and oxygen atoms in total. The summed E-state index contributed by atoms with van der Waals surface area (Å²) in [6.45, 7) is 6.18. The van der Waals surface area contributed by atoms with Gasteiger partial charge in [-0.2, -0.15) is 0 Å². The standard InChI is InChI=1S/C28H24N4O2S/c1-4-32(5-2)17-10-12-21-24(14-17)34-25-16-23(19-8-6-7-9-20(19)27(25)29-21)31-28-30-22-13-11-18(33-3)15-26(22)35-28/h6-16H,4-5H2,1-3H3. The molecule has 7 heteroatoms. The summed E-state index contributed by atoms with van der Waals surface area (Å²) in [4.78, 5) is 16.9. The highest BCUT2D eigenvalue weighted by molar-refractivity contribution is 7.21. The molecule has 1 aliphatic heterocycles. The molecule has 0 saturated heterocycles. The molecule has 1 aromatic heterocycles. The molecule has 1 aliphatic carbocycles. The highest BCUT2D eigenvalue weighted by Crippen LogP contribution is 2.33. The number of thiazole rings is 1. The summed E-state index contributed by atoms with van der Waals surface area (Å²) in [5.74, 6) is 1.51. The molecule has 0 spiro atoms. The fraction of sp³-hybridized carbons (Fsp3) is 0.179. The van der Waals surface area contributed by atoms with Crippen molar-refractivity contribution in [3.8, 4) is 17.2 Å². The molecule has 0 N–H and O–H groups in total. The van der Waals surface area contributed by atoms with Crippen molar-refractivity contribution in [2.24, 2.45) is 4.99 Å². The van der Waals surface area contributed by atoms with Crippen LogP contribution in [0.25, 0.3) is 43.5 Å². The van der Waals surface area contributed by atoms with E-state index in [0.717, 1.165) is 67.7 Å². The minimum atomic E-state index is 0.690. The van der Waals surface area contributed by atoms with Crippen LogP contribution in [0.5, 0.6) is 5.75 Å². The lowest BCUT2D eigenvalue weighted by Crippen LogP contribution is -2.21. The number of benzene rings is 4. The lowest BCUT2D eigenvalue weighted by molar-refractivity contribution is 0.415.